The van der Waals surface area contributed by atoms with Crippen LogP contribution in [-0.4, -0.2) is 76.5 Å². The molecule has 0 saturated carbocycles. The number of carbonyl (C=O) groups is 4. The van der Waals surface area contributed by atoms with E-state index in [-0.39, 0.29) is 11.8 Å². The fraction of sp³-hybridized carbons (Fsp3) is 0.310. The normalized spacial score (nSPS) is 11.0. The molecular weight excluding hydrogens is 570 g/mol. The molecule has 0 unspecified atom stereocenters. The molecule has 0 bridgehead atoms. The van der Waals surface area contributed by atoms with Crippen molar-refractivity contribution in [2.45, 2.75) is 6.42 Å². The van der Waals surface area contributed by atoms with E-state index in [2.05, 4.69) is 31.5 Å². The predicted molar refractivity (Wildman–Crippen MR) is 169 cm³/mol. The number of carbonyl (C=O) groups excluding carboxylic acids is 4. The zero-order valence-corrected chi connectivity index (χ0v) is 25.9. The molecule has 0 aliphatic carbocycles. The number of hydrogen-bond acceptors (Lipinski definition) is 7. The van der Waals surface area contributed by atoms with E-state index in [1.54, 1.807) is 90.1 Å². The van der Waals surface area contributed by atoms with Crippen molar-refractivity contribution in [3.63, 3.8) is 0 Å². The fourth-order valence-electron chi connectivity index (χ4n) is 4.44. The largest absolute Gasteiger partial charge is 0.380 e. The highest BCUT2D eigenvalue weighted by atomic mass is 32.1. The van der Waals surface area contributed by atoms with Crippen LogP contribution in [0.5, 0.6) is 0 Å². The van der Waals surface area contributed by atoms with E-state index in [0.717, 1.165) is 18.0 Å². The Hall–Kier alpha value is -4.82. The minimum Gasteiger partial charge on any atom is -0.380 e. The number of nitrogens with zero attached hydrogens (tertiary/aromatic N) is 4. The Kier molecular flexibility index (Phi) is 9.73. The zero-order valence-electron chi connectivity index (χ0n) is 25.1. The summed E-state index contributed by atoms with van der Waals surface area (Å²) in [5, 5.41) is 17.0. The second kappa shape index (κ2) is 13.4. The number of rotatable bonds is 12. The third kappa shape index (κ3) is 7.72. The molecule has 0 aromatic carbocycles. The summed E-state index contributed by atoms with van der Waals surface area (Å²) < 4.78 is 4.87. The maximum atomic E-state index is 13.1. The molecule has 4 rings (SSSR count). The summed E-state index contributed by atoms with van der Waals surface area (Å²) in [5.41, 5.74) is 2.95. The van der Waals surface area contributed by atoms with Gasteiger partial charge in [0.15, 0.2) is 0 Å². The first-order valence-corrected chi connectivity index (χ1v) is 14.5. The molecule has 4 aromatic rings. The van der Waals surface area contributed by atoms with Gasteiger partial charge in [-0.05, 0) is 51.3 Å². The van der Waals surface area contributed by atoms with Crippen LogP contribution in [0, 0.1) is 0 Å². The van der Waals surface area contributed by atoms with Crippen LogP contribution in [0.1, 0.15) is 48.2 Å². The number of aromatic nitrogens is 3. The minimum absolute atomic E-state index is 0.219. The Morgan fingerprint density at radius 3 is 1.63 bits per heavy atom. The standard InChI is InChI=1S/C29H37N9O4S/c1-30-25-10-18(17-43-25)26(39)32-19-12-23(37(5)14-19)28(41)34-21-13-24(38(6)16-21)29(42)33-20-11-22(36(4)15-20)27(40)31-8-7-9-35(2)3/h10-17,30H,7-9H2,1-6H3,(H,31,40)(H,32,39)(H,33,42)(H,34,41). The monoisotopic (exact) mass is 607 g/mol. The highest BCUT2D eigenvalue weighted by molar-refractivity contribution is 7.14. The molecule has 0 aliphatic heterocycles. The van der Waals surface area contributed by atoms with Gasteiger partial charge in [0.05, 0.1) is 27.6 Å². The van der Waals surface area contributed by atoms with E-state index in [1.165, 1.54) is 11.3 Å². The SMILES string of the molecule is CNc1cc(C(=O)Nc2cc(C(=O)Nc3cc(C(=O)Nc4cc(C(=O)NCCCN(C)C)n(C)c4)n(C)c3)n(C)c2)cs1. The second-order valence-electron chi connectivity index (χ2n) is 10.4. The molecule has 0 saturated heterocycles. The Morgan fingerprint density at radius 1 is 0.721 bits per heavy atom. The maximum Gasteiger partial charge on any atom is 0.272 e. The summed E-state index contributed by atoms with van der Waals surface area (Å²) in [5.74, 6) is -1.30. The van der Waals surface area contributed by atoms with Gasteiger partial charge in [-0.1, -0.05) is 0 Å². The molecule has 0 fully saturated rings. The van der Waals surface area contributed by atoms with Gasteiger partial charge in [0.2, 0.25) is 0 Å². The van der Waals surface area contributed by atoms with Crippen molar-refractivity contribution in [2.24, 2.45) is 21.1 Å². The number of thiophene rings is 1. The molecule has 4 heterocycles. The van der Waals surface area contributed by atoms with Gasteiger partial charge in [-0.25, -0.2) is 0 Å². The molecule has 14 heteroatoms. The van der Waals surface area contributed by atoms with Crippen LogP contribution in [-0.2, 0) is 21.1 Å². The molecule has 0 spiro atoms. The summed E-state index contributed by atoms with van der Waals surface area (Å²) in [6.07, 6.45) is 5.78. The Morgan fingerprint density at radius 2 is 1.19 bits per heavy atom. The smallest absolute Gasteiger partial charge is 0.272 e. The minimum atomic E-state index is -0.405. The Balaban J connectivity index is 1.36. The molecule has 4 amide bonds. The lowest BCUT2D eigenvalue weighted by Crippen LogP contribution is -2.28. The second-order valence-corrected chi connectivity index (χ2v) is 11.3. The van der Waals surface area contributed by atoms with Crippen molar-refractivity contribution >= 4 is 57.0 Å². The van der Waals surface area contributed by atoms with Gasteiger partial charge in [0.1, 0.15) is 17.1 Å². The molecule has 13 nitrogen and oxygen atoms in total. The number of hydrogen-bond donors (Lipinski definition) is 5. The summed E-state index contributed by atoms with van der Waals surface area (Å²) in [4.78, 5) is 53.3. The third-order valence-electron chi connectivity index (χ3n) is 6.66. The lowest BCUT2D eigenvalue weighted by molar-refractivity contribution is 0.0942. The topological polar surface area (TPSA) is 146 Å². The fourth-order valence-corrected chi connectivity index (χ4v) is 5.19. The summed E-state index contributed by atoms with van der Waals surface area (Å²) in [7, 11) is 10.9. The molecule has 228 valence electrons. The average molecular weight is 608 g/mol. The first kappa shape index (κ1) is 31.1. The summed E-state index contributed by atoms with van der Waals surface area (Å²) in [6.45, 7) is 1.42. The maximum absolute atomic E-state index is 13.1. The van der Waals surface area contributed by atoms with Crippen molar-refractivity contribution in [2.75, 3.05) is 55.5 Å². The lowest BCUT2D eigenvalue weighted by atomic mass is 10.3. The first-order valence-electron chi connectivity index (χ1n) is 13.6. The first-order chi connectivity index (χ1) is 20.4. The predicted octanol–water partition coefficient (Wildman–Crippen LogP) is 3.24. The van der Waals surface area contributed by atoms with Gasteiger partial charge in [-0.15, -0.1) is 11.3 Å². The van der Waals surface area contributed by atoms with Crippen LogP contribution >= 0.6 is 11.3 Å². The van der Waals surface area contributed by atoms with Gasteiger partial charge in [-0.3, -0.25) is 19.2 Å². The average Bonchev–Trinajstić information content (AvgIpc) is 3.73. The lowest BCUT2D eigenvalue weighted by Gasteiger charge is -2.10. The van der Waals surface area contributed by atoms with Crippen molar-refractivity contribution < 1.29 is 19.2 Å². The molecule has 0 radical (unpaired) electrons. The number of nitrogens with one attached hydrogen (secondary N) is 5. The summed E-state index contributed by atoms with van der Waals surface area (Å²) >= 11 is 1.42. The van der Waals surface area contributed by atoms with Gasteiger partial charge < -0.3 is 45.2 Å². The van der Waals surface area contributed by atoms with Crippen LogP contribution in [0.15, 0.2) is 48.2 Å². The van der Waals surface area contributed by atoms with Gasteiger partial charge >= 0.3 is 0 Å². The highest BCUT2D eigenvalue weighted by Gasteiger charge is 2.19. The van der Waals surface area contributed by atoms with Gasteiger partial charge in [-0.2, -0.15) is 0 Å². The molecule has 4 aromatic heterocycles. The van der Waals surface area contributed by atoms with Crippen molar-refractivity contribution in [1.82, 2.24) is 23.9 Å². The van der Waals surface area contributed by atoms with E-state index in [4.69, 9.17) is 0 Å². The molecular formula is C29H37N9O4S. The van der Waals surface area contributed by atoms with Crippen LogP contribution < -0.4 is 26.6 Å². The molecule has 0 atom stereocenters. The van der Waals surface area contributed by atoms with Crippen LogP contribution in [0.4, 0.5) is 22.1 Å². The van der Waals surface area contributed by atoms with E-state index in [9.17, 15) is 19.2 Å². The number of amides is 4. The molecule has 5 N–H and O–H groups in total. The Bertz CT molecular complexity index is 1640. The summed E-state index contributed by atoms with van der Waals surface area (Å²) in [6, 6.07) is 6.52. The van der Waals surface area contributed by atoms with Crippen molar-refractivity contribution in [3.8, 4) is 0 Å². The van der Waals surface area contributed by atoms with Gasteiger partial charge in [0.25, 0.3) is 23.6 Å². The highest BCUT2D eigenvalue weighted by Crippen LogP contribution is 2.22. The quantitative estimate of drug-likeness (QED) is 0.156. The molecule has 43 heavy (non-hydrogen) atoms. The number of aryl methyl sites for hydroxylation is 3. The third-order valence-corrected chi connectivity index (χ3v) is 7.61. The van der Waals surface area contributed by atoms with Crippen molar-refractivity contribution in [1.29, 1.82) is 0 Å². The van der Waals surface area contributed by atoms with Crippen molar-refractivity contribution in [3.05, 3.63) is 70.9 Å². The van der Waals surface area contributed by atoms with Crippen LogP contribution in [0.3, 0.4) is 0 Å². The zero-order chi connectivity index (χ0) is 31.3. The number of anilines is 4. The van der Waals surface area contributed by atoms with E-state index in [1.807, 2.05) is 14.1 Å². The van der Waals surface area contributed by atoms with E-state index in [0.29, 0.717) is 46.3 Å². The van der Waals surface area contributed by atoms with Crippen LogP contribution in [0.25, 0.3) is 0 Å². The van der Waals surface area contributed by atoms with Gasteiger partial charge in [0, 0.05) is 58.7 Å². The van der Waals surface area contributed by atoms with E-state index < -0.39 is 11.8 Å². The van der Waals surface area contributed by atoms with Crippen LogP contribution in [0.2, 0.25) is 0 Å². The molecule has 0 aliphatic rings. The van der Waals surface area contributed by atoms with E-state index >= 15 is 0 Å². The Labute approximate surface area is 253 Å².